The van der Waals surface area contributed by atoms with E-state index in [0.717, 1.165) is 23.2 Å². The van der Waals surface area contributed by atoms with Gasteiger partial charge in [0.1, 0.15) is 5.82 Å². The average Bonchev–Trinajstić information content (AvgIpc) is 2.96. The molecule has 9 heteroatoms. The topological polar surface area (TPSA) is 66.1 Å². The second-order valence-electron chi connectivity index (χ2n) is 6.18. The van der Waals surface area contributed by atoms with E-state index in [2.05, 4.69) is 9.97 Å². The maximum Gasteiger partial charge on any atom is 0.416 e. The molecule has 1 N–H and O–H groups in total. The number of fused-ring (bicyclic) bond motifs is 1. The van der Waals surface area contributed by atoms with Crippen molar-refractivity contribution < 1.29 is 21.6 Å². The zero-order valence-electron chi connectivity index (χ0n) is 13.4. The van der Waals surface area contributed by atoms with Gasteiger partial charge in [-0.1, -0.05) is 18.2 Å². The fraction of sp³-hybridized carbons (Fsp3) is 0.235. The Bertz CT molecular complexity index is 1040. The lowest BCUT2D eigenvalue weighted by Gasteiger charge is -2.36. The van der Waals surface area contributed by atoms with Crippen LogP contribution in [0.5, 0.6) is 0 Å². The molecule has 5 nitrogen and oxygen atoms in total. The van der Waals surface area contributed by atoms with Crippen molar-refractivity contribution in [3.63, 3.8) is 0 Å². The van der Waals surface area contributed by atoms with Gasteiger partial charge in [-0.3, -0.25) is 0 Å². The van der Waals surface area contributed by atoms with E-state index in [4.69, 9.17) is 0 Å². The Hall–Kier alpha value is -2.39. The maximum atomic E-state index is 12.8. The number of aromatic nitrogens is 2. The molecule has 0 atom stereocenters. The van der Waals surface area contributed by atoms with Crippen LogP contribution in [0.2, 0.25) is 0 Å². The van der Waals surface area contributed by atoms with Crippen LogP contribution in [0.15, 0.2) is 53.4 Å². The van der Waals surface area contributed by atoms with Crippen molar-refractivity contribution in [2.45, 2.75) is 17.0 Å². The summed E-state index contributed by atoms with van der Waals surface area (Å²) < 4.78 is 64.8. The Balaban J connectivity index is 1.54. The number of alkyl halides is 3. The van der Waals surface area contributed by atoms with Crippen molar-refractivity contribution in [3.05, 3.63) is 59.9 Å². The molecule has 4 rings (SSSR count). The van der Waals surface area contributed by atoms with Gasteiger partial charge in [-0.2, -0.15) is 17.5 Å². The highest BCUT2D eigenvalue weighted by atomic mass is 32.2. The van der Waals surface area contributed by atoms with Crippen LogP contribution in [-0.4, -0.2) is 35.8 Å². The van der Waals surface area contributed by atoms with E-state index in [1.807, 2.05) is 24.3 Å². The first-order valence-electron chi connectivity index (χ1n) is 7.87. The van der Waals surface area contributed by atoms with Crippen molar-refractivity contribution >= 4 is 21.1 Å². The second kappa shape index (κ2) is 5.82. The molecule has 1 aromatic heterocycles. The molecule has 2 heterocycles. The molecule has 136 valence electrons. The van der Waals surface area contributed by atoms with E-state index < -0.39 is 21.8 Å². The largest absolute Gasteiger partial charge is 0.416 e. The van der Waals surface area contributed by atoms with E-state index in [1.54, 1.807) is 0 Å². The van der Waals surface area contributed by atoms with Gasteiger partial charge in [-0.25, -0.2) is 13.4 Å². The van der Waals surface area contributed by atoms with E-state index in [0.29, 0.717) is 11.9 Å². The minimum atomic E-state index is -4.59. The van der Waals surface area contributed by atoms with Gasteiger partial charge in [0.2, 0.25) is 10.0 Å². The predicted molar refractivity (Wildman–Crippen MR) is 89.0 cm³/mol. The molecule has 1 saturated heterocycles. The van der Waals surface area contributed by atoms with Crippen molar-refractivity contribution in [2.75, 3.05) is 13.1 Å². The van der Waals surface area contributed by atoms with Crippen LogP contribution in [-0.2, 0) is 16.2 Å². The number of sulfonamides is 1. The van der Waals surface area contributed by atoms with Gasteiger partial charge in [-0.05, 0) is 30.3 Å². The van der Waals surface area contributed by atoms with Gasteiger partial charge in [0.15, 0.2) is 0 Å². The summed E-state index contributed by atoms with van der Waals surface area (Å²) in [6, 6.07) is 11.3. The fourth-order valence-electron chi connectivity index (χ4n) is 2.96. The standard InChI is InChI=1S/C17H14F3N3O2S/c18-17(19,20)12-4-3-5-13(8-12)26(24,25)23-9-11(10-23)16-21-14-6-1-2-7-15(14)22-16/h1-8,11H,9-10H2,(H,21,22). The lowest BCUT2D eigenvalue weighted by atomic mass is 10.0. The Morgan fingerprint density at radius 2 is 1.81 bits per heavy atom. The third-order valence-electron chi connectivity index (χ3n) is 4.44. The Labute approximate surface area is 147 Å². The number of hydrogen-bond donors (Lipinski definition) is 1. The van der Waals surface area contributed by atoms with Crippen molar-refractivity contribution in [2.24, 2.45) is 0 Å². The number of para-hydroxylation sites is 2. The van der Waals surface area contributed by atoms with E-state index in [-0.39, 0.29) is 23.9 Å². The van der Waals surface area contributed by atoms with Crippen molar-refractivity contribution in [1.82, 2.24) is 14.3 Å². The van der Waals surface area contributed by atoms with Gasteiger partial charge in [0, 0.05) is 19.0 Å². The number of nitrogens with zero attached hydrogens (tertiary/aromatic N) is 2. The highest BCUT2D eigenvalue weighted by Gasteiger charge is 2.40. The molecule has 0 radical (unpaired) electrons. The third-order valence-corrected chi connectivity index (χ3v) is 6.27. The lowest BCUT2D eigenvalue weighted by molar-refractivity contribution is -0.137. The van der Waals surface area contributed by atoms with Crippen LogP contribution in [0.4, 0.5) is 13.2 Å². The molecule has 0 aliphatic carbocycles. The SMILES string of the molecule is O=S(=O)(c1cccc(C(F)(F)F)c1)N1CC(c2nc3ccccc3[nH]2)C1. The number of nitrogens with one attached hydrogen (secondary N) is 1. The van der Waals surface area contributed by atoms with Crippen LogP contribution in [0.3, 0.4) is 0 Å². The summed E-state index contributed by atoms with van der Waals surface area (Å²) in [7, 11) is -3.96. The van der Waals surface area contributed by atoms with Crippen LogP contribution >= 0.6 is 0 Å². The van der Waals surface area contributed by atoms with Gasteiger partial charge in [0.05, 0.1) is 21.5 Å². The van der Waals surface area contributed by atoms with Crippen LogP contribution in [0.1, 0.15) is 17.3 Å². The zero-order valence-corrected chi connectivity index (χ0v) is 14.2. The summed E-state index contributed by atoms with van der Waals surface area (Å²) in [5, 5.41) is 0. The van der Waals surface area contributed by atoms with Crippen LogP contribution in [0, 0.1) is 0 Å². The van der Waals surface area contributed by atoms with E-state index in [9.17, 15) is 21.6 Å². The first kappa shape index (κ1) is 17.0. The third kappa shape index (κ3) is 2.86. The number of aromatic amines is 1. The highest BCUT2D eigenvalue weighted by Crippen LogP contribution is 2.34. The number of imidazole rings is 1. The minimum Gasteiger partial charge on any atom is -0.342 e. The molecule has 0 spiro atoms. The molecule has 26 heavy (non-hydrogen) atoms. The molecule has 2 aromatic carbocycles. The molecule has 0 bridgehead atoms. The second-order valence-corrected chi connectivity index (χ2v) is 8.12. The molecule has 3 aromatic rings. The van der Waals surface area contributed by atoms with Crippen LogP contribution < -0.4 is 0 Å². The number of halogens is 3. The number of H-pyrrole nitrogens is 1. The lowest BCUT2D eigenvalue weighted by Crippen LogP contribution is -2.48. The quantitative estimate of drug-likeness (QED) is 0.757. The van der Waals surface area contributed by atoms with Gasteiger partial charge >= 0.3 is 6.18 Å². The number of benzene rings is 2. The molecule has 1 aliphatic heterocycles. The molecular formula is C17H14F3N3O2S. The van der Waals surface area contributed by atoms with Crippen molar-refractivity contribution in [3.8, 4) is 0 Å². The predicted octanol–water partition coefficient (Wildman–Crippen LogP) is 3.37. The summed E-state index contributed by atoms with van der Waals surface area (Å²) in [4.78, 5) is 7.25. The average molecular weight is 381 g/mol. The minimum absolute atomic E-state index is 0.108. The number of rotatable bonds is 3. The van der Waals surface area contributed by atoms with Gasteiger partial charge in [0.25, 0.3) is 0 Å². The molecule has 1 aliphatic rings. The summed E-state index contributed by atoms with van der Waals surface area (Å²) in [6.07, 6.45) is -4.59. The Morgan fingerprint density at radius 3 is 2.50 bits per heavy atom. The zero-order chi connectivity index (χ0) is 18.5. The van der Waals surface area contributed by atoms with E-state index >= 15 is 0 Å². The summed E-state index contributed by atoms with van der Waals surface area (Å²) in [6.45, 7) is 0.358. The highest BCUT2D eigenvalue weighted by molar-refractivity contribution is 7.89. The molecule has 0 amide bonds. The first-order chi connectivity index (χ1) is 12.2. The Kier molecular flexibility index (Phi) is 3.81. The van der Waals surface area contributed by atoms with Crippen molar-refractivity contribution in [1.29, 1.82) is 0 Å². The molecule has 1 fully saturated rings. The number of hydrogen-bond acceptors (Lipinski definition) is 3. The molecular weight excluding hydrogens is 367 g/mol. The molecule has 0 unspecified atom stereocenters. The first-order valence-corrected chi connectivity index (χ1v) is 9.31. The summed E-state index contributed by atoms with van der Waals surface area (Å²) in [5.74, 6) is 0.574. The van der Waals surface area contributed by atoms with E-state index in [1.165, 1.54) is 10.4 Å². The smallest absolute Gasteiger partial charge is 0.342 e. The normalized spacial score (nSPS) is 16.7. The maximum absolute atomic E-state index is 12.8. The molecule has 0 saturated carbocycles. The van der Waals surface area contributed by atoms with Gasteiger partial charge < -0.3 is 4.98 Å². The van der Waals surface area contributed by atoms with Gasteiger partial charge in [-0.15, -0.1) is 0 Å². The van der Waals surface area contributed by atoms with Crippen LogP contribution in [0.25, 0.3) is 11.0 Å². The summed E-state index contributed by atoms with van der Waals surface area (Å²) >= 11 is 0. The fourth-order valence-corrected chi connectivity index (χ4v) is 4.53. The summed E-state index contributed by atoms with van der Waals surface area (Å²) in [5.41, 5.74) is 0.677. The monoisotopic (exact) mass is 381 g/mol. The Morgan fingerprint density at radius 1 is 1.08 bits per heavy atom.